The molecule has 0 aliphatic carbocycles. The summed E-state index contributed by atoms with van der Waals surface area (Å²) in [6.45, 7) is 3.89. The van der Waals surface area contributed by atoms with Gasteiger partial charge in [-0.05, 0) is 12.0 Å². The lowest BCUT2D eigenvalue weighted by molar-refractivity contribution is 0.140. The molecule has 0 spiro atoms. The zero-order valence-corrected chi connectivity index (χ0v) is 5.03. The predicted octanol–water partition coefficient (Wildman–Crippen LogP) is 1.17. The Morgan fingerprint density at radius 2 is 2.22 bits per heavy atom. The molecule has 0 aromatic rings. The normalized spacial score (nSPS) is 36.9. The largest absolute Gasteiger partial charge is 0.285 e. The lowest BCUT2D eigenvalue weighted by atomic mass is 10.1. The number of piperidine rings is 1. The fraction of sp³-hybridized carbons (Fsp3) is 0.667. The molecule has 0 amide bonds. The minimum atomic E-state index is -1.54. The summed E-state index contributed by atoms with van der Waals surface area (Å²) in [5.41, 5.74) is 0.362. The number of nitrogens with one attached hydrogen (secondary N) is 1. The van der Waals surface area contributed by atoms with Gasteiger partial charge in [0.25, 0.3) is 0 Å². The van der Waals surface area contributed by atoms with E-state index in [0.29, 0.717) is 18.5 Å². The van der Waals surface area contributed by atoms with Crippen molar-refractivity contribution in [3.05, 3.63) is 12.2 Å². The summed E-state index contributed by atoms with van der Waals surface area (Å²) in [5.74, 6) is 0. The molecule has 3 heteroatoms. The Morgan fingerprint density at radius 3 is 2.67 bits per heavy atom. The van der Waals surface area contributed by atoms with Crippen molar-refractivity contribution >= 4 is 0 Å². The van der Waals surface area contributed by atoms with Crippen molar-refractivity contribution in [3.8, 4) is 0 Å². The molecule has 2 unspecified atom stereocenters. The molecular formula is C6H9F2N. The van der Waals surface area contributed by atoms with Gasteiger partial charge < -0.3 is 0 Å². The smallest absolute Gasteiger partial charge is 0.186 e. The van der Waals surface area contributed by atoms with Gasteiger partial charge in [0.05, 0.1) is 0 Å². The minimum absolute atomic E-state index is 0.362. The standard InChI is InChI=1S/C6H9F2N/c1-4-2-3-9-6(8)5(4)7/h5-6,9H,1-3H2. The van der Waals surface area contributed by atoms with Crippen LogP contribution in [0.5, 0.6) is 0 Å². The van der Waals surface area contributed by atoms with Gasteiger partial charge in [-0.1, -0.05) is 6.58 Å². The molecule has 0 saturated carbocycles. The van der Waals surface area contributed by atoms with Gasteiger partial charge in [0.2, 0.25) is 0 Å². The second kappa shape index (κ2) is 2.43. The second-order valence-electron chi connectivity index (χ2n) is 2.17. The molecular weight excluding hydrogens is 124 g/mol. The Kier molecular flexibility index (Phi) is 1.81. The zero-order chi connectivity index (χ0) is 6.85. The molecule has 0 aromatic heterocycles. The van der Waals surface area contributed by atoms with E-state index in [1.807, 2.05) is 0 Å². The van der Waals surface area contributed by atoms with Gasteiger partial charge in [-0.3, -0.25) is 5.32 Å². The lowest BCUT2D eigenvalue weighted by Crippen LogP contribution is -2.40. The van der Waals surface area contributed by atoms with Gasteiger partial charge in [0.15, 0.2) is 12.5 Å². The molecule has 0 radical (unpaired) electrons. The highest BCUT2D eigenvalue weighted by atomic mass is 19.2. The third-order valence-corrected chi connectivity index (χ3v) is 1.43. The van der Waals surface area contributed by atoms with Gasteiger partial charge in [-0.15, -0.1) is 0 Å². The summed E-state index contributed by atoms with van der Waals surface area (Å²) in [4.78, 5) is 0. The molecule has 9 heavy (non-hydrogen) atoms. The second-order valence-corrected chi connectivity index (χ2v) is 2.17. The van der Waals surface area contributed by atoms with Crippen molar-refractivity contribution in [1.29, 1.82) is 0 Å². The first-order valence-electron chi connectivity index (χ1n) is 2.91. The maximum atomic E-state index is 12.4. The highest BCUT2D eigenvalue weighted by molar-refractivity contribution is 5.07. The highest BCUT2D eigenvalue weighted by Gasteiger charge is 2.26. The molecule has 1 rings (SSSR count). The summed E-state index contributed by atoms with van der Waals surface area (Å²) >= 11 is 0. The van der Waals surface area contributed by atoms with Crippen LogP contribution in [-0.2, 0) is 0 Å². The van der Waals surface area contributed by atoms with E-state index in [4.69, 9.17) is 0 Å². The molecule has 0 bridgehead atoms. The van der Waals surface area contributed by atoms with Gasteiger partial charge in [0.1, 0.15) is 0 Å². The molecule has 1 aliphatic heterocycles. The van der Waals surface area contributed by atoms with E-state index in [2.05, 4.69) is 11.9 Å². The van der Waals surface area contributed by atoms with Crippen LogP contribution in [0.1, 0.15) is 6.42 Å². The Bertz CT molecular complexity index is 124. The predicted molar refractivity (Wildman–Crippen MR) is 31.6 cm³/mol. The Balaban J connectivity index is 2.51. The topological polar surface area (TPSA) is 12.0 Å². The van der Waals surface area contributed by atoms with Crippen LogP contribution < -0.4 is 5.32 Å². The third-order valence-electron chi connectivity index (χ3n) is 1.43. The average Bonchev–Trinajstić information content (AvgIpc) is 1.83. The monoisotopic (exact) mass is 133 g/mol. The maximum Gasteiger partial charge on any atom is 0.186 e. The molecule has 1 heterocycles. The number of hydrogen-bond acceptors (Lipinski definition) is 1. The summed E-state index contributed by atoms with van der Waals surface area (Å²) in [6, 6.07) is 0. The SMILES string of the molecule is C=C1CCNC(F)C1F. The first-order chi connectivity index (χ1) is 4.22. The summed E-state index contributed by atoms with van der Waals surface area (Å²) in [7, 11) is 0. The quantitative estimate of drug-likeness (QED) is 0.386. The van der Waals surface area contributed by atoms with Crippen LogP contribution >= 0.6 is 0 Å². The Morgan fingerprint density at radius 1 is 1.56 bits per heavy atom. The fourth-order valence-electron chi connectivity index (χ4n) is 0.819. The van der Waals surface area contributed by atoms with Crippen LogP contribution in [0.25, 0.3) is 0 Å². The van der Waals surface area contributed by atoms with Crippen LogP contribution in [0.15, 0.2) is 12.2 Å². The van der Waals surface area contributed by atoms with E-state index in [1.165, 1.54) is 0 Å². The minimum Gasteiger partial charge on any atom is -0.285 e. The number of hydrogen-bond donors (Lipinski definition) is 1. The van der Waals surface area contributed by atoms with Crippen LogP contribution in [-0.4, -0.2) is 19.0 Å². The van der Waals surface area contributed by atoms with Crippen molar-refractivity contribution in [2.75, 3.05) is 6.54 Å². The number of rotatable bonds is 0. The zero-order valence-electron chi connectivity index (χ0n) is 5.03. The van der Waals surface area contributed by atoms with Gasteiger partial charge in [0, 0.05) is 6.54 Å². The van der Waals surface area contributed by atoms with E-state index in [9.17, 15) is 8.78 Å². The van der Waals surface area contributed by atoms with E-state index < -0.39 is 12.5 Å². The molecule has 2 atom stereocenters. The lowest BCUT2D eigenvalue weighted by Gasteiger charge is -2.22. The van der Waals surface area contributed by atoms with Crippen LogP contribution in [0.3, 0.4) is 0 Å². The first kappa shape index (κ1) is 6.68. The molecule has 1 N–H and O–H groups in total. The van der Waals surface area contributed by atoms with Gasteiger partial charge >= 0.3 is 0 Å². The Labute approximate surface area is 52.7 Å². The molecule has 1 saturated heterocycles. The first-order valence-corrected chi connectivity index (χ1v) is 2.91. The average molecular weight is 133 g/mol. The van der Waals surface area contributed by atoms with Crippen LogP contribution in [0, 0.1) is 0 Å². The van der Waals surface area contributed by atoms with Crippen molar-refractivity contribution < 1.29 is 8.78 Å². The summed E-state index contributed by atoms with van der Waals surface area (Å²) < 4.78 is 24.7. The molecule has 52 valence electrons. The molecule has 1 aliphatic rings. The van der Waals surface area contributed by atoms with E-state index in [0.717, 1.165) is 0 Å². The van der Waals surface area contributed by atoms with E-state index in [-0.39, 0.29) is 0 Å². The number of alkyl halides is 2. The summed E-state index contributed by atoms with van der Waals surface area (Å²) in [5, 5.41) is 2.36. The number of halogens is 2. The van der Waals surface area contributed by atoms with E-state index >= 15 is 0 Å². The molecule has 1 fully saturated rings. The van der Waals surface area contributed by atoms with Crippen molar-refractivity contribution in [1.82, 2.24) is 5.32 Å². The summed E-state index contributed by atoms with van der Waals surface area (Å²) in [6.07, 6.45) is -2.49. The van der Waals surface area contributed by atoms with Crippen molar-refractivity contribution in [3.63, 3.8) is 0 Å². The highest BCUT2D eigenvalue weighted by Crippen LogP contribution is 2.17. The Hall–Kier alpha value is -0.440. The van der Waals surface area contributed by atoms with Crippen LogP contribution in [0.4, 0.5) is 8.78 Å². The fourth-order valence-corrected chi connectivity index (χ4v) is 0.819. The maximum absolute atomic E-state index is 12.4. The van der Waals surface area contributed by atoms with Gasteiger partial charge in [-0.2, -0.15) is 0 Å². The van der Waals surface area contributed by atoms with Crippen molar-refractivity contribution in [2.45, 2.75) is 18.9 Å². The third kappa shape index (κ3) is 1.27. The van der Waals surface area contributed by atoms with E-state index in [1.54, 1.807) is 0 Å². The molecule has 1 nitrogen and oxygen atoms in total. The van der Waals surface area contributed by atoms with Gasteiger partial charge in [-0.25, -0.2) is 8.78 Å². The van der Waals surface area contributed by atoms with Crippen LogP contribution in [0.2, 0.25) is 0 Å². The van der Waals surface area contributed by atoms with Crippen molar-refractivity contribution in [2.24, 2.45) is 0 Å². The molecule has 0 aromatic carbocycles.